The molecule has 0 aliphatic carbocycles. The number of nitrogens with two attached hydrogens (primary N) is 1. The molecule has 0 aliphatic heterocycles. The van der Waals surface area contributed by atoms with Gasteiger partial charge in [0.05, 0.1) is 12.6 Å². The standard InChI is InChI=1S/C12H18N2O2S/c1-17-8-7-11(13)12(15)14-16-9-10-5-3-2-4-6-10/h2-6,11H,7-9,13H2,1H3,(H,14,15)/t11-/m0/s1. The van der Waals surface area contributed by atoms with Crippen LogP contribution in [-0.2, 0) is 16.2 Å². The molecular weight excluding hydrogens is 236 g/mol. The molecule has 0 fully saturated rings. The number of hydrogen-bond donors (Lipinski definition) is 2. The molecule has 3 N–H and O–H groups in total. The Hall–Kier alpha value is -1.04. The Bertz CT molecular complexity index is 333. The Balaban J connectivity index is 2.20. The topological polar surface area (TPSA) is 64.4 Å². The summed E-state index contributed by atoms with van der Waals surface area (Å²) in [5.74, 6) is 0.600. The molecule has 0 aromatic heterocycles. The van der Waals surface area contributed by atoms with Gasteiger partial charge >= 0.3 is 0 Å². The van der Waals surface area contributed by atoms with Crippen molar-refractivity contribution in [2.45, 2.75) is 19.1 Å². The normalized spacial score (nSPS) is 12.1. The summed E-state index contributed by atoms with van der Waals surface area (Å²) in [6.45, 7) is 0.349. The highest BCUT2D eigenvalue weighted by Crippen LogP contribution is 2.00. The number of rotatable bonds is 7. The summed E-state index contributed by atoms with van der Waals surface area (Å²) in [7, 11) is 0. The van der Waals surface area contributed by atoms with Crippen LogP contribution in [0.1, 0.15) is 12.0 Å². The molecule has 17 heavy (non-hydrogen) atoms. The van der Waals surface area contributed by atoms with Crippen molar-refractivity contribution in [3.05, 3.63) is 35.9 Å². The van der Waals surface area contributed by atoms with E-state index >= 15 is 0 Å². The minimum Gasteiger partial charge on any atom is -0.320 e. The van der Waals surface area contributed by atoms with Crippen LogP contribution in [0.2, 0.25) is 0 Å². The van der Waals surface area contributed by atoms with Crippen molar-refractivity contribution in [2.24, 2.45) is 5.73 Å². The van der Waals surface area contributed by atoms with E-state index in [2.05, 4.69) is 5.48 Å². The third-order valence-electron chi connectivity index (χ3n) is 2.22. The van der Waals surface area contributed by atoms with Gasteiger partial charge in [0, 0.05) is 0 Å². The Morgan fingerprint density at radius 3 is 2.82 bits per heavy atom. The van der Waals surface area contributed by atoms with Gasteiger partial charge in [0.2, 0.25) is 0 Å². The minimum atomic E-state index is -0.502. The summed E-state index contributed by atoms with van der Waals surface area (Å²) in [5.41, 5.74) is 9.05. The van der Waals surface area contributed by atoms with Gasteiger partial charge in [-0.1, -0.05) is 30.3 Å². The first kappa shape index (κ1) is 14.0. The number of benzene rings is 1. The van der Waals surface area contributed by atoms with Crippen LogP contribution in [0.25, 0.3) is 0 Å². The fourth-order valence-corrected chi connectivity index (χ4v) is 1.71. The Kier molecular flexibility index (Phi) is 6.69. The number of carbonyl (C=O) groups excluding carboxylic acids is 1. The molecule has 0 bridgehead atoms. The number of hydroxylamine groups is 1. The van der Waals surface area contributed by atoms with Crippen LogP contribution in [0.4, 0.5) is 0 Å². The highest BCUT2D eigenvalue weighted by Gasteiger charge is 2.12. The van der Waals surface area contributed by atoms with Gasteiger partial charge in [0.1, 0.15) is 0 Å². The zero-order valence-corrected chi connectivity index (χ0v) is 10.7. The maximum atomic E-state index is 11.5. The third-order valence-corrected chi connectivity index (χ3v) is 2.87. The average molecular weight is 254 g/mol. The highest BCUT2D eigenvalue weighted by molar-refractivity contribution is 7.98. The Morgan fingerprint density at radius 2 is 2.18 bits per heavy atom. The summed E-state index contributed by atoms with van der Waals surface area (Å²) < 4.78 is 0. The lowest BCUT2D eigenvalue weighted by Gasteiger charge is -2.11. The van der Waals surface area contributed by atoms with E-state index in [9.17, 15) is 4.79 Å². The summed E-state index contributed by atoms with van der Waals surface area (Å²) in [6, 6.07) is 9.13. The molecule has 0 radical (unpaired) electrons. The van der Waals surface area contributed by atoms with Crippen molar-refractivity contribution in [2.75, 3.05) is 12.0 Å². The van der Waals surface area contributed by atoms with E-state index in [0.29, 0.717) is 13.0 Å². The molecule has 1 amide bonds. The zero-order valence-electron chi connectivity index (χ0n) is 9.89. The van der Waals surface area contributed by atoms with Crippen LogP contribution in [-0.4, -0.2) is 24.0 Å². The molecule has 1 atom stereocenters. The monoisotopic (exact) mass is 254 g/mol. The minimum absolute atomic E-state index is 0.269. The van der Waals surface area contributed by atoms with Gasteiger partial charge in [-0.3, -0.25) is 9.63 Å². The predicted octanol–water partition coefficient (Wildman–Crippen LogP) is 1.31. The smallest absolute Gasteiger partial charge is 0.260 e. The summed E-state index contributed by atoms with van der Waals surface area (Å²) >= 11 is 1.67. The van der Waals surface area contributed by atoms with Gasteiger partial charge in [0.25, 0.3) is 5.91 Å². The van der Waals surface area contributed by atoms with E-state index in [1.165, 1.54) is 0 Å². The van der Waals surface area contributed by atoms with Crippen LogP contribution >= 0.6 is 11.8 Å². The Labute approximate surface area is 106 Å². The largest absolute Gasteiger partial charge is 0.320 e. The molecule has 4 nitrogen and oxygen atoms in total. The van der Waals surface area contributed by atoms with Gasteiger partial charge < -0.3 is 5.73 Å². The van der Waals surface area contributed by atoms with E-state index in [1.54, 1.807) is 11.8 Å². The lowest BCUT2D eigenvalue weighted by Crippen LogP contribution is -2.40. The molecule has 1 aromatic rings. The van der Waals surface area contributed by atoms with Gasteiger partial charge in [0.15, 0.2) is 0 Å². The van der Waals surface area contributed by atoms with Crippen LogP contribution in [0.5, 0.6) is 0 Å². The summed E-state index contributed by atoms with van der Waals surface area (Å²) in [4.78, 5) is 16.6. The fraction of sp³-hybridized carbons (Fsp3) is 0.417. The fourth-order valence-electron chi connectivity index (χ4n) is 1.22. The van der Waals surface area contributed by atoms with Crippen molar-refractivity contribution < 1.29 is 9.63 Å². The van der Waals surface area contributed by atoms with E-state index in [4.69, 9.17) is 10.6 Å². The van der Waals surface area contributed by atoms with E-state index in [0.717, 1.165) is 11.3 Å². The second kappa shape index (κ2) is 8.11. The first-order valence-corrected chi connectivity index (χ1v) is 6.83. The summed E-state index contributed by atoms with van der Waals surface area (Å²) in [6.07, 6.45) is 2.64. The van der Waals surface area contributed by atoms with Gasteiger partial charge in [-0.2, -0.15) is 11.8 Å². The number of thioether (sulfide) groups is 1. The first-order chi connectivity index (χ1) is 8.24. The summed E-state index contributed by atoms with van der Waals surface area (Å²) in [5, 5.41) is 0. The van der Waals surface area contributed by atoms with Gasteiger partial charge in [-0.25, -0.2) is 5.48 Å². The molecule has 0 unspecified atom stereocenters. The highest BCUT2D eigenvalue weighted by atomic mass is 32.2. The Morgan fingerprint density at radius 1 is 1.47 bits per heavy atom. The quantitative estimate of drug-likeness (QED) is 0.720. The van der Waals surface area contributed by atoms with E-state index in [1.807, 2.05) is 36.6 Å². The van der Waals surface area contributed by atoms with Gasteiger partial charge in [-0.05, 0) is 24.0 Å². The molecule has 1 aromatic carbocycles. The van der Waals surface area contributed by atoms with Crippen LogP contribution in [0, 0.1) is 0 Å². The van der Waals surface area contributed by atoms with Crippen LogP contribution in [0.3, 0.4) is 0 Å². The molecule has 0 aliphatic rings. The number of nitrogens with one attached hydrogen (secondary N) is 1. The SMILES string of the molecule is CSCC[C@H](N)C(=O)NOCc1ccccc1. The maximum Gasteiger partial charge on any atom is 0.260 e. The van der Waals surface area contributed by atoms with Crippen molar-refractivity contribution in [3.8, 4) is 0 Å². The maximum absolute atomic E-state index is 11.5. The van der Waals surface area contributed by atoms with Crippen LogP contribution in [0.15, 0.2) is 30.3 Å². The molecule has 5 heteroatoms. The number of amides is 1. The van der Waals surface area contributed by atoms with Crippen molar-refractivity contribution in [1.82, 2.24) is 5.48 Å². The second-order valence-electron chi connectivity index (χ2n) is 3.63. The molecular formula is C12H18N2O2S. The molecule has 0 saturated carbocycles. The molecule has 0 spiro atoms. The van der Waals surface area contributed by atoms with Crippen LogP contribution < -0.4 is 11.2 Å². The molecule has 0 heterocycles. The third kappa shape index (κ3) is 5.72. The molecule has 0 saturated heterocycles. The van der Waals surface area contributed by atoms with Crippen molar-refractivity contribution >= 4 is 17.7 Å². The van der Waals surface area contributed by atoms with Crippen molar-refractivity contribution in [1.29, 1.82) is 0 Å². The molecule has 1 rings (SSSR count). The van der Waals surface area contributed by atoms with Gasteiger partial charge in [-0.15, -0.1) is 0 Å². The lowest BCUT2D eigenvalue weighted by molar-refractivity contribution is -0.135. The number of carbonyl (C=O) groups is 1. The number of hydrogen-bond acceptors (Lipinski definition) is 4. The van der Waals surface area contributed by atoms with E-state index < -0.39 is 6.04 Å². The second-order valence-corrected chi connectivity index (χ2v) is 4.61. The molecule has 94 valence electrons. The first-order valence-electron chi connectivity index (χ1n) is 5.44. The predicted molar refractivity (Wildman–Crippen MR) is 70.3 cm³/mol. The van der Waals surface area contributed by atoms with E-state index in [-0.39, 0.29) is 5.91 Å². The zero-order chi connectivity index (χ0) is 12.5. The lowest BCUT2D eigenvalue weighted by atomic mass is 10.2. The average Bonchev–Trinajstić information content (AvgIpc) is 2.37. The van der Waals surface area contributed by atoms with Crippen molar-refractivity contribution in [3.63, 3.8) is 0 Å².